The fourth-order valence-corrected chi connectivity index (χ4v) is 4.41. The average Bonchev–Trinajstić information content (AvgIpc) is 3.10. The van der Waals surface area contributed by atoms with Gasteiger partial charge >= 0.3 is 5.69 Å². The van der Waals surface area contributed by atoms with Crippen LogP contribution in [0.25, 0.3) is 11.2 Å². The lowest BCUT2D eigenvalue weighted by Crippen LogP contribution is -2.37. The van der Waals surface area contributed by atoms with Gasteiger partial charge in [-0.2, -0.15) is 4.98 Å². The van der Waals surface area contributed by atoms with E-state index in [1.54, 1.807) is 7.05 Å². The van der Waals surface area contributed by atoms with Crippen LogP contribution in [0.5, 0.6) is 0 Å². The zero-order chi connectivity index (χ0) is 20.5. The molecule has 1 aromatic carbocycles. The van der Waals surface area contributed by atoms with Gasteiger partial charge in [0.2, 0.25) is 5.95 Å². The Balaban J connectivity index is 1.74. The van der Waals surface area contributed by atoms with Gasteiger partial charge in [0, 0.05) is 20.6 Å². The van der Waals surface area contributed by atoms with Crippen LogP contribution in [0.2, 0.25) is 0 Å². The Hall–Kier alpha value is -2.83. The Labute approximate surface area is 170 Å². The molecule has 0 aliphatic heterocycles. The molecule has 0 saturated heterocycles. The molecule has 0 atom stereocenters. The standard InChI is InChI=1S/C22H29N5O2/c1-4-23-21-24-19-18(20(28)26(3)22(29)25(19)2)27(21)14-15-10-12-17(13-11-15)16-8-6-5-7-9-16/h10-13,16H,4-9,14H2,1-3H3,(H,23,24). The van der Waals surface area contributed by atoms with E-state index >= 15 is 0 Å². The summed E-state index contributed by atoms with van der Waals surface area (Å²) >= 11 is 0. The van der Waals surface area contributed by atoms with Crippen molar-refractivity contribution in [2.75, 3.05) is 11.9 Å². The Morgan fingerprint density at radius 3 is 2.38 bits per heavy atom. The third kappa shape index (κ3) is 3.50. The smallest absolute Gasteiger partial charge is 0.332 e. The first-order valence-electron chi connectivity index (χ1n) is 10.5. The van der Waals surface area contributed by atoms with Crippen molar-refractivity contribution in [1.29, 1.82) is 0 Å². The predicted octanol–water partition coefficient (Wildman–Crippen LogP) is 2.96. The maximum absolute atomic E-state index is 12.9. The van der Waals surface area contributed by atoms with E-state index in [1.165, 1.54) is 49.3 Å². The van der Waals surface area contributed by atoms with Crippen LogP contribution in [0.4, 0.5) is 5.95 Å². The largest absolute Gasteiger partial charge is 0.356 e. The molecule has 2 aromatic heterocycles. The molecule has 1 saturated carbocycles. The fourth-order valence-electron chi connectivity index (χ4n) is 4.41. The lowest BCUT2D eigenvalue weighted by Gasteiger charge is -2.22. The van der Waals surface area contributed by atoms with Gasteiger partial charge in [-0.1, -0.05) is 43.5 Å². The van der Waals surface area contributed by atoms with E-state index in [-0.39, 0.29) is 11.2 Å². The maximum Gasteiger partial charge on any atom is 0.332 e. The number of hydrogen-bond donors (Lipinski definition) is 1. The Kier molecular flexibility index (Phi) is 5.30. The Morgan fingerprint density at radius 2 is 1.72 bits per heavy atom. The molecule has 2 heterocycles. The first kappa shape index (κ1) is 19.5. The summed E-state index contributed by atoms with van der Waals surface area (Å²) in [5.41, 5.74) is 2.69. The van der Waals surface area contributed by atoms with Crippen LogP contribution in [-0.4, -0.2) is 25.2 Å². The lowest BCUT2D eigenvalue weighted by atomic mass is 9.84. The summed E-state index contributed by atoms with van der Waals surface area (Å²) in [7, 11) is 3.16. The summed E-state index contributed by atoms with van der Waals surface area (Å²) in [4.78, 5) is 29.7. The lowest BCUT2D eigenvalue weighted by molar-refractivity contribution is 0.443. The van der Waals surface area contributed by atoms with Crippen molar-refractivity contribution in [3.8, 4) is 0 Å². The van der Waals surface area contributed by atoms with Crippen molar-refractivity contribution in [3.05, 3.63) is 56.2 Å². The van der Waals surface area contributed by atoms with Crippen molar-refractivity contribution >= 4 is 17.1 Å². The van der Waals surface area contributed by atoms with Crippen molar-refractivity contribution in [3.63, 3.8) is 0 Å². The van der Waals surface area contributed by atoms with E-state index in [4.69, 9.17) is 0 Å². The van der Waals surface area contributed by atoms with Crippen molar-refractivity contribution < 1.29 is 0 Å². The number of hydrogen-bond acceptors (Lipinski definition) is 4. The molecule has 1 aliphatic carbocycles. The van der Waals surface area contributed by atoms with Crippen LogP contribution in [0, 0.1) is 0 Å². The highest BCUT2D eigenvalue weighted by atomic mass is 16.2. The van der Waals surface area contributed by atoms with Gasteiger partial charge in [0.25, 0.3) is 5.56 Å². The number of aryl methyl sites for hydroxylation is 1. The minimum atomic E-state index is -0.368. The van der Waals surface area contributed by atoms with Crippen molar-refractivity contribution in [2.45, 2.75) is 51.5 Å². The third-order valence-corrected chi connectivity index (χ3v) is 6.08. The molecule has 0 radical (unpaired) electrons. The number of fused-ring (bicyclic) bond motifs is 1. The van der Waals surface area contributed by atoms with E-state index in [0.29, 0.717) is 36.1 Å². The van der Waals surface area contributed by atoms with Crippen LogP contribution in [0.1, 0.15) is 56.1 Å². The maximum atomic E-state index is 12.9. The molecular weight excluding hydrogens is 366 g/mol. The average molecular weight is 396 g/mol. The number of anilines is 1. The molecule has 1 fully saturated rings. The molecule has 0 bridgehead atoms. The molecule has 0 amide bonds. The number of aromatic nitrogens is 4. The van der Waals surface area contributed by atoms with Crippen molar-refractivity contribution in [1.82, 2.24) is 18.7 Å². The highest BCUT2D eigenvalue weighted by Gasteiger charge is 2.19. The van der Waals surface area contributed by atoms with Gasteiger partial charge in [-0.25, -0.2) is 4.79 Å². The summed E-state index contributed by atoms with van der Waals surface area (Å²) in [6.45, 7) is 3.19. The molecule has 1 aliphatic rings. The second-order valence-electron chi connectivity index (χ2n) is 8.01. The minimum Gasteiger partial charge on any atom is -0.356 e. The monoisotopic (exact) mass is 395 g/mol. The minimum absolute atomic E-state index is 0.321. The molecule has 29 heavy (non-hydrogen) atoms. The summed E-state index contributed by atoms with van der Waals surface area (Å²) < 4.78 is 4.46. The topological polar surface area (TPSA) is 73.8 Å². The molecule has 4 rings (SSSR count). The Morgan fingerprint density at radius 1 is 1.03 bits per heavy atom. The predicted molar refractivity (Wildman–Crippen MR) is 116 cm³/mol. The SMILES string of the molecule is CCNc1nc2c(c(=O)n(C)c(=O)n2C)n1Cc1ccc(C2CCCCC2)cc1. The quantitative estimate of drug-likeness (QED) is 0.721. The summed E-state index contributed by atoms with van der Waals surface area (Å²) in [6, 6.07) is 8.76. The van der Waals surface area contributed by atoms with Crippen LogP contribution in [0.15, 0.2) is 33.9 Å². The summed E-state index contributed by atoms with van der Waals surface area (Å²) in [5, 5.41) is 3.23. The van der Waals surface area contributed by atoms with Crippen LogP contribution >= 0.6 is 0 Å². The normalized spacial score (nSPS) is 15.1. The molecule has 7 nitrogen and oxygen atoms in total. The van der Waals surface area contributed by atoms with Gasteiger partial charge in [-0.15, -0.1) is 0 Å². The van der Waals surface area contributed by atoms with Crippen LogP contribution < -0.4 is 16.6 Å². The molecule has 1 N–H and O–H groups in total. The van der Waals surface area contributed by atoms with E-state index < -0.39 is 0 Å². The fraction of sp³-hybridized carbons (Fsp3) is 0.500. The van der Waals surface area contributed by atoms with Crippen LogP contribution in [0.3, 0.4) is 0 Å². The van der Waals surface area contributed by atoms with Gasteiger partial charge in [0.1, 0.15) is 0 Å². The molecule has 7 heteroatoms. The molecule has 0 unspecified atom stereocenters. The van der Waals surface area contributed by atoms with Crippen LogP contribution in [-0.2, 0) is 20.6 Å². The zero-order valence-corrected chi connectivity index (χ0v) is 17.4. The summed E-state index contributed by atoms with van der Waals surface area (Å²) in [5.74, 6) is 1.28. The number of nitrogens with one attached hydrogen (secondary N) is 1. The number of rotatable bonds is 5. The first-order chi connectivity index (χ1) is 14.0. The highest BCUT2D eigenvalue weighted by molar-refractivity contribution is 5.74. The zero-order valence-electron chi connectivity index (χ0n) is 17.4. The van der Waals surface area contributed by atoms with Gasteiger partial charge in [-0.05, 0) is 36.8 Å². The molecule has 0 spiro atoms. The number of imidazole rings is 1. The Bertz CT molecular complexity index is 1130. The number of benzene rings is 1. The summed E-state index contributed by atoms with van der Waals surface area (Å²) in [6.07, 6.45) is 6.55. The van der Waals surface area contributed by atoms with E-state index in [0.717, 1.165) is 10.1 Å². The first-order valence-corrected chi connectivity index (χ1v) is 10.5. The second-order valence-corrected chi connectivity index (χ2v) is 8.01. The van der Waals surface area contributed by atoms with Gasteiger partial charge in [0.05, 0.1) is 6.54 Å². The second kappa shape index (κ2) is 7.89. The van der Waals surface area contributed by atoms with Gasteiger partial charge in [0.15, 0.2) is 11.2 Å². The van der Waals surface area contributed by atoms with E-state index in [1.807, 2.05) is 11.5 Å². The molecule has 3 aromatic rings. The van der Waals surface area contributed by atoms with E-state index in [9.17, 15) is 9.59 Å². The third-order valence-electron chi connectivity index (χ3n) is 6.08. The van der Waals surface area contributed by atoms with Crippen molar-refractivity contribution in [2.24, 2.45) is 14.1 Å². The number of nitrogens with zero attached hydrogens (tertiary/aromatic N) is 4. The van der Waals surface area contributed by atoms with Gasteiger partial charge < -0.3 is 5.32 Å². The van der Waals surface area contributed by atoms with Gasteiger partial charge in [-0.3, -0.25) is 18.5 Å². The molecule has 154 valence electrons. The molecular formula is C22H29N5O2. The highest BCUT2D eigenvalue weighted by Crippen LogP contribution is 2.32. The van der Waals surface area contributed by atoms with E-state index in [2.05, 4.69) is 34.6 Å².